The lowest BCUT2D eigenvalue weighted by Crippen LogP contribution is -2.02. The molecule has 0 aromatic heterocycles. The fraction of sp³-hybridized carbons (Fsp3) is 0.333. The molecule has 0 aromatic rings. The second-order valence-electron chi connectivity index (χ2n) is 1.08. The summed E-state index contributed by atoms with van der Waals surface area (Å²) < 4.78 is 3.27. The molecule has 5 heteroatoms. The minimum Gasteiger partial charge on any atom is -0.289 e. The van der Waals surface area contributed by atoms with Crippen LogP contribution in [0.25, 0.3) is 0 Å². The maximum atomic E-state index is 10.2. The van der Waals surface area contributed by atoms with Gasteiger partial charge >= 0.3 is 5.91 Å². The van der Waals surface area contributed by atoms with E-state index in [2.05, 4.69) is 13.7 Å². The highest BCUT2D eigenvalue weighted by Crippen LogP contribution is 2.08. The summed E-state index contributed by atoms with van der Waals surface area (Å²) in [6, 6.07) is 0. The summed E-state index contributed by atoms with van der Waals surface area (Å²) in [6.07, 6.45) is 0. The molecule has 8 heavy (non-hydrogen) atoms. The van der Waals surface area contributed by atoms with E-state index in [-0.39, 0.29) is 0 Å². The van der Waals surface area contributed by atoms with Crippen molar-refractivity contribution in [1.29, 1.82) is 0 Å². The summed E-state index contributed by atoms with van der Waals surface area (Å²) in [5.41, 5.74) is 0. The van der Waals surface area contributed by atoms with Crippen molar-refractivity contribution in [3.05, 3.63) is 0 Å². The molecule has 0 aromatic carbocycles. The van der Waals surface area contributed by atoms with Gasteiger partial charge < -0.3 is 0 Å². The monoisotopic (exact) mass is 149 g/mol. The first-order valence-electron chi connectivity index (χ1n) is 1.84. The maximum Gasteiger partial charge on any atom is 0.316 e. The summed E-state index contributed by atoms with van der Waals surface area (Å²) in [5, 5.41) is 0. The van der Waals surface area contributed by atoms with Gasteiger partial charge in [-0.15, -0.1) is 0 Å². The molecule has 3 nitrogen and oxygen atoms in total. The number of hydrogen-bond acceptors (Lipinski definition) is 2. The zero-order valence-corrected chi connectivity index (χ0v) is 6.34. The van der Waals surface area contributed by atoms with Crippen LogP contribution in [0.3, 0.4) is 0 Å². The number of ketones is 1. The number of carbonyl (C=O) groups excluding carboxylic acids is 2. The van der Waals surface area contributed by atoms with Crippen molar-refractivity contribution in [2.45, 2.75) is 6.92 Å². The Kier molecular flexibility index (Phi) is 3.76. The number of Topliss-reactive ketones (excluding diaryl/α,β-unsaturated/α-hetero) is 1. The quantitative estimate of drug-likeness (QED) is 0.412. The molecule has 0 bridgehead atoms. The van der Waals surface area contributed by atoms with Gasteiger partial charge in [0.15, 0.2) is 0 Å². The number of rotatable bonds is 1. The van der Waals surface area contributed by atoms with Crippen LogP contribution < -0.4 is 0 Å². The zero-order chi connectivity index (χ0) is 6.57. The highest BCUT2D eigenvalue weighted by Gasteiger charge is 2.01. The predicted molar refractivity (Wildman–Crippen MR) is 34.7 cm³/mol. The first-order valence-corrected chi connectivity index (χ1v) is 4.31. The highest BCUT2D eigenvalue weighted by atomic mass is 32.0. The van der Waals surface area contributed by atoms with Crippen LogP contribution in [-0.2, 0) is 9.59 Å². The first kappa shape index (κ1) is 7.87. The molecule has 0 saturated heterocycles. The lowest BCUT2D eigenvalue weighted by molar-refractivity contribution is -0.134. The Morgan fingerprint density at radius 1 is 1.62 bits per heavy atom. The third kappa shape index (κ3) is 2.95. The Labute approximate surface area is 50.8 Å². The van der Waals surface area contributed by atoms with Crippen molar-refractivity contribution in [1.82, 2.24) is 0 Å². The van der Waals surface area contributed by atoms with Crippen LogP contribution >= 0.6 is 17.0 Å². The molecule has 0 saturated carbocycles. The van der Waals surface area contributed by atoms with Gasteiger partial charge in [-0.3, -0.25) is 9.59 Å². The van der Waals surface area contributed by atoms with Crippen LogP contribution in [0.2, 0.25) is 0 Å². The molecule has 0 heterocycles. The second kappa shape index (κ2) is 3.82. The van der Waals surface area contributed by atoms with Crippen LogP contribution in [-0.4, -0.2) is 11.7 Å². The molecule has 0 aliphatic rings. The van der Waals surface area contributed by atoms with E-state index < -0.39 is 11.7 Å². The number of nitrogens with zero attached hydrogens (tertiary/aromatic N) is 1. The third-order valence-electron chi connectivity index (χ3n) is 0.450. The summed E-state index contributed by atoms with van der Waals surface area (Å²) in [7, 11) is 2.71. The lowest BCUT2D eigenvalue weighted by Gasteiger charge is -1.77. The molecule has 0 rings (SSSR count). The van der Waals surface area contributed by atoms with Crippen molar-refractivity contribution in [2.24, 2.45) is 4.74 Å². The summed E-state index contributed by atoms with van der Waals surface area (Å²) in [4.78, 5) is 20.3. The predicted octanol–water partition coefficient (Wildman–Crippen LogP) is 1.02. The molecule has 1 amide bonds. The number of amides is 1. The van der Waals surface area contributed by atoms with Gasteiger partial charge in [0.1, 0.15) is 0 Å². The van der Waals surface area contributed by atoms with E-state index in [1.165, 1.54) is 6.92 Å². The zero-order valence-electron chi connectivity index (χ0n) is 4.29. The van der Waals surface area contributed by atoms with Crippen LogP contribution in [0.15, 0.2) is 4.74 Å². The minimum absolute atomic E-state index is 0.506. The van der Waals surface area contributed by atoms with Crippen molar-refractivity contribution in [3.63, 3.8) is 0 Å². The topological polar surface area (TPSA) is 46.5 Å². The standard InChI is InChI=1S/C3H5NO2P2/c1-2(5)3(6)4-8-7/h7H2,1H3. The molecule has 0 spiro atoms. The van der Waals surface area contributed by atoms with E-state index in [9.17, 15) is 9.59 Å². The molecular weight excluding hydrogens is 144 g/mol. The molecule has 0 fully saturated rings. The fourth-order valence-electron chi connectivity index (χ4n) is 0.123. The largest absolute Gasteiger partial charge is 0.316 e. The van der Waals surface area contributed by atoms with E-state index in [4.69, 9.17) is 0 Å². The molecule has 0 radical (unpaired) electrons. The summed E-state index contributed by atoms with van der Waals surface area (Å²) >= 11 is 0. The Balaban J connectivity index is 3.85. The van der Waals surface area contributed by atoms with Gasteiger partial charge in [-0.05, 0) is 0 Å². The molecule has 1 atom stereocenters. The van der Waals surface area contributed by atoms with Gasteiger partial charge in [-0.1, -0.05) is 8.93 Å². The Morgan fingerprint density at radius 3 is 2.25 bits per heavy atom. The smallest absolute Gasteiger partial charge is 0.289 e. The Bertz CT molecular complexity index is 142. The van der Waals surface area contributed by atoms with Crippen LogP contribution in [0, 0.1) is 0 Å². The van der Waals surface area contributed by atoms with Crippen LogP contribution in [0.1, 0.15) is 6.92 Å². The van der Waals surface area contributed by atoms with E-state index in [0.717, 1.165) is 0 Å². The van der Waals surface area contributed by atoms with Gasteiger partial charge in [0.05, 0.1) is 0 Å². The second-order valence-corrected chi connectivity index (χ2v) is 2.20. The van der Waals surface area contributed by atoms with E-state index >= 15 is 0 Å². The van der Waals surface area contributed by atoms with Gasteiger partial charge in [-0.2, -0.15) is 4.74 Å². The van der Waals surface area contributed by atoms with E-state index in [0.29, 0.717) is 8.06 Å². The average Bonchev–Trinajstić information content (AvgIpc) is 1.67. The molecule has 0 aliphatic carbocycles. The Morgan fingerprint density at radius 2 is 2.12 bits per heavy atom. The average molecular weight is 149 g/mol. The number of carbonyl (C=O) groups is 2. The molecular formula is C3H5NO2P2. The lowest BCUT2D eigenvalue weighted by atomic mass is 10.4. The normalized spacial score (nSPS) is 9.75. The van der Waals surface area contributed by atoms with Gasteiger partial charge in [0.25, 0.3) is 0 Å². The van der Waals surface area contributed by atoms with Crippen molar-refractivity contribution < 1.29 is 9.59 Å². The maximum absolute atomic E-state index is 10.2. The van der Waals surface area contributed by atoms with Gasteiger partial charge in [-0.25, -0.2) is 0 Å². The van der Waals surface area contributed by atoms with Crippen LogP contribution in [0.4, 0.5) is 0 Å². The van der Waals surface area contributed by atoms with Crippen molar-refractivity contribution in [2.75, 3.05) is 0 Å². The SMILES string of the molecule is CC(=O)C(=O)N=PP. The Hall–Kier alpha value is -0.130. The van der Waals surface area contributed by atoms with Crippen LogP contribution in [0.5, 0.6) is 0 Å². The van der Waals surface area contributed by atoms with E-state index in [1.807, 2.05) is 0 Å². The number of hydrogen-bond donors (Lipinski definition) is 0. The van der Waals surface area contributed by atoms with Gasteiger partial charge in [0, 0.05) is 15.0 Å². The third-order valence-corrected chi connectivity index (χ3v) is 1.09. The molecule has 1 unspecified atom stereocenters. The van der Waals surface area contributed by atoms with Gasteiger partial charge in [0.2, 0.25) is 5.78 Å². The fourth-order valence-corrected chi connectivity index (χ4v) is 0.683. The van der Waals surface area contributed by atoms with E-state index in [1.54, 1.807) is 0 Å². The molecule has 0 N–H and O–H groups in total. The minimum atomic E-state index is -0.665. The highest BCUT2D eigenvalue weighted by molar-refractivity contribution is 7.97. The summed E-state index contributed by atoms with van der Waals surface area (Å²) in [5.74, 6) is -1.18. The first-order chi connectivity index (χ1) is 3.68. The molecule has 44 valence electrons. The van der Waals surface area contributed by atoms with Crippen molar-refractivity contribution in [3.8, 4) is 0 Å². The van der Waals surface area contributed by atoms with Crippen molar-refractivity contribution >= 4 is 28.7 Å². The molecule has 0 aliphatic heterocycles. The summed E-state index contributed by atoms with van der Waals surface area (Å²) in [6.45, 7) is 1.20.